The van der Waals surface area contributed by atoms with E-state index in [-0.39, 0.29) is 5.69 Å². The van der Waals surface area contributed by atoms with Crippen LogP contribution in [0.25, 0.3) is 11.4 Å². The van der Waals surface area contributed by atoms with Gasteiger partial charge in [0, 0.05) is 13.1 Å². The Morgan fingerprint density at radius 1 is 1.44 bits per heavy atom. The molecule has 2 N–H and O–H groups in total. The van der Waals surface area contributed by atoms with E-state index in [0.717, 1.165) is 0 Å². The highest BCUT2D eigenvalue weighted by atomic mass is 19.1. The van der Waals surface area contributed by atoms with Gasteiger partial charge in [-0.25, -0.2) is 9.37 Å². The Kier molecular flexibility index (Phi) is 2.47. The molecule has 0 saturated carbocycles. The molecule has 6 heteroatoms. The number of methoxy groups -OCH3 is 1. The molecule has 1 heterocycles. The van der Waals surface area contributed by atoms with Gasteiger partial charge in [-0.3, -0.25) is 4.68 Å². The van der Waals surface area contributed by atoms with Crippen molar-refractivity contribution in [1.82, 2.24) is 14.8 Å². The lowest BCUT2D eigenvalue weighted by molar-refractivity contribution is 0.417. The quantitative estimate of drug-likeness (QED) is 0.775. The Bertz CT molecular complexity index is 524. The largest absolute Gasteiger partial charge is 0.494 e. The Balaban J connectivity index is 2.63. The smallest absolute Gasteiger partial charge is 0.185 e. The third kappa shape index (κ3) is 1.69. The first-order valence-electron chi connectivity index (χ1n) is 4.61. The average molecular weight is 222 g/mol. The maximum Gasteiger partial charge on any atom is 0.185 e. The van der Waals surface area contributed by atoms with Gasteiger partial charge in [0.15, 0.2) is 11.6 Å². The normalized spacial score (nSPS) is 10.4. The number of ether oxygens (including phenoxy) is 1. The predicted molar refractivity (Wildman–Crippen MR) is 57.4 cm³/mol. The summed E-state index contributed by atoms with van der Waals surface area (Å²) in [5.74, 6) is 0.318. The molecule has 2 aromatic rings. The Labute approximate surface area is 91.7 Å². The van der Waals surface area contributed by atoms with Crippen molar-refractivity contribution >= 4 is 5.69 Å². The van der Waals surface area contributed by atoms with Gasteiger partial charge in [-0.2, -0.15) is 5.10 Å². The fourth-order valence-electron chi connectivity index (χ4n) is 1.47. The summed E-state index contributed by atoms with van der Waals surface area (Å²) < 4.78 is 19.9. The fraction of sp³-hybridized carbons (Fsp3) is 0.200. The Morgan fingerprint density at radius 2 is 2.19 bits per heavy atom. The minimum atomic E-state index is -0.444. The number of halogens is 1. The van der Waals surface area contributed by atoms with E-state index in [4.69, 9.17) is 10.5 Å². The SMILES string of the molecule is COc1c(N)cc(F)cc1-c1ncn(C)n1. The molecule has 5 nitrogen and oxygen atoms in total. The minimum Gasteiger partial charge on any atom is -0.494 e. The van der Waals surface area contributed by atoms with E-state index in [1.165, 1.54) is 30.3 Å². The van der Waals surface area contributed by atoms with Crippen LogP contribution >= 0.6 is 0 Å². The molecule has 2 rings (SSSR count). The molecule has 0 aliphatic heterocycles. The van der Waals surface area contributed by atoms with Gasteiger partial charge in [0.2, 0.25) is 0 Å². The van der Waals surface area contributed by atoms with Crippen molar-refractivity contribution < 1.29 is 9.13 Å². The standard InChI is InChI=1S/C10H11FN4O/c1-15-5-13-10(14-15)7-3-6(11)4-8(12)9(7)16-2/h3-5H,12H2,1-2H3. The van der Waals surface area contributed by atoms with E-state index in [9.17, 15) is 4.39 Å². The average Bonchev–Trinajstić information content (AvgIpc) is 2.63. The van der Waals surface area contributed by atoms with Gasteiger partial charge < -0.3 is 10.5 Å². The van der Waals surface area contributed by atoms with Crippen LogP contribution in [0.5, 0.6) is 5.75 Å². The molecule has 0 amide bonds. The fourth-order valence-corrected chi connectivity index (χ4v) is 1.47. The maximum atomic E-state index is 13.2. The molecule has 1 aromatic carbocycles. The Hall–Kier alpha value is -2.11. The van der Waals surface area contributed by atoms with Gasteiger partial charge >= 0.3 is 0 Å². The summed E-state index contributed by atoms with van der Waals surface area (Å²) in [6.45, 7) is 0. The zero-order chi connectivity index (χ0) is 11.7. The molecule has 16 heavy (non-hydrogen) atoms. The van der Waals surface area contributed by atoms with Crippen molar-refractivity contribution in [3.8, 4) is 17.1 Å². The number of benzene rings is 1. The highest BCUT2D eigenvalue weighted by Gasteiger charge is 2.14. The predicted octanol–water partition coefficient (Wildman–Crippen LogP) is 1.21. The number of nitrogen functional groups attached to an aromatic ring is 1. The lowest BCUT2D eigenvalue weighted by Gasteiger charge is -2.08. The van der Waals surface area contributed by atoms with Gasteiger partial charge in [-0.15, -0.1) is 0 Å². The number of hydrogen-bond acceptors (Lipinski definition) is 4. The topological polar surface area (TPSA) is 66.0 Å². The molecule has 0 spiro atoms. The summed E-state index contributed by atoms with van der Waals surface area (Å²) in [6.07, 6.45) is 1.52. The first-order chi connectivity index (χ1) is 7.61. The molecule has 0 bridgehead atoms. The van der Waals surface area contributed by atoms with Crippen LogP contribution in [0.4, 0.5) is 10.1 Å². The highest BCUT2D eigenvalue weighted by Crippen LogP contribution is 2.33. The molecular weight excluding hydrogens is 211 g/mol. The number of rotatable bonds is 2. The van der Waals surface area contributed by atoms with Gasteiger partial charge in [-0.05, 0) is 6.07 Å². The number of aryl methyl sites for hydroxylation is 1. The monoisotopic (exact) mass is 222 g/mol. The maximum absolute atomic E-state index is 13.2. The first kappa shape index (κ1) is 10.4. The van der Waals surface area contributed by atoms with Crippen LogP contribution in [0.15, 0.2) is 18.5 Å². The number of hydrogen-bond donors (Lipinski definition) is 1. The number of aromatic nitrogens is 3. The van der Waals surface area contributed by atoms with E-state index < -0.39 is 5.82 Å². The van der Waals surface area contributed by atoms with E-state index in [1.54, 1.807) is 7.05 Å². The molecule has 1 aromatic heterocycles. The first-order valence-corrected chi connectivity index (χ1v) is 4.61. The molecule has 84 valence electrons. The van der Waals surface area contributed by atoms with Crippen LogP contribution in [0.1, 0.15) is 0 Å². The van der Waals surface area contributed by atoms with Crippen LogP contribution in [-0.4, -0.2) is 21.9 Å². The summed E-state index contributed by atoms with van der Waals surface area (Å²) in [7, 11) is 3.20. The second-order valence-electron chi connectivity index (χ2n) is 3.32. The minimum absolute atomic E-state index is 0.227. The van der Waals surface area contributed by atoms with Crippen molar-refractivity contribution in [2.24, 2.45) is 7.05 Å². The van der Waals surface area contributed by atoms with Crippen LogP contribution in [0, 0.1) is 5.82 Å². The number of nitrogens with zero attached hydrogens (tertiary/aromatic N) is 3. The van der Waals surface area contributed by atoms with Crippen LogP contribution in [0.2, 0.25) is 0 Å². The van der Waals surface area contributed by atoms with Crippen LogP contribution in [0.3, 0.4) is 0 Å². The molecule has 0 fully saturated rings. The summed E-state index contributed by atoms with van der Waals surface area (Å²) in [5, 5.41) is 4.08. The van der Waals surface area contributed by atoms with Gasteiger partial charge in [-0.1, -0.05) is 0 Å². The third-order valence-electron chi connectivity index (χ3n) is 2.13. The van der Waals surface area contributed by atoms with Gasteiger partial charge in [0.1, 0.15) is 12.1 Å². The van der Waals surface area contributed by atoms with Crippen molar-refractivity contribution in [1.29, 1.82) is 0 Å². The van der Waals surface area contributed by atoms with Crippen molar-refractivity contribution in [3.63, 3.8) is 0 Å². The van der Waals surface area contributed by atoms with Crippen LogP contribution in [-0.2, 0) is 7.05 Å². The molecule has 0 unspecified atom stereocenters. The number of anilines is 1. The number of nitrogens with two attached hydrogens (primary N) is 1. The van der Waals surface area contributed by atoms with Gasteiger partial charge in [0.05, 0.1) is 18.4 Å². The van der Waals surface area contributed by atoms with E-state index in [0.29, 0.717) is 17.1 Å². The van der Waals surface area contributed by atoms with E-state index in [2.05, 4.69) is 10.1 Å². The molecule has 0 aliphatic rings. The Morgan fingerprint density at radius 3 is 2.75 bits per heavy atom. The summed E-state index contributed by atoms with van der Waals surface area (Å²) in [5.41, 5.74) is 6.32. The summed E-state index contributed by atoms with van der Waals surface area (Å²) in [4.78, 5) is 4.03. The molecule has 0 atom stereocenters. The van der Waals surface area contributed by atoms with E-state index in [1.807, 2.05) is 0 Å². The summed E-state index contributed by atoms with van der Waals surface area (Å²) in [6, 6.07) is 2.50. The zero-order valence-corrected chi connectivity index (χ0v) is 8.94. The second kappa shape index (κ2) is 3.80. The molecule has 0 aliphatic carbocycles. The summed E-state index contributed by atoms with van der Waals surface area (Å²) >= 11 is 0. The molecular formula is C10H11FN4O. The molecule has 0 radical (unpaired) electrons. The molecule has 0 saturated heterocycles. The van der Waals surface area contributed by atoms with Crippen molar-refractivity contribution in [2.75, 3.05) is 12.8 Å². The zero-order valence-electron chi connectivity index (χ0n) is 8.94. The van der Waals surface area contributed by atoms with Gasteiger partial charge in [0.25, 0.3) is 0 Å². The van der Waals surface area contributed by atoms with E-state index >= 15 is 0 Å². The van der Waals surface area contributed by atoms with Crippen LogP contribution < -0.4 is 10.5 Å². The van der Waals surface area contributed by atoms with Crippen molar-refractivity contribution in [2.45, 2.75) is 0 Å². The highest BCUT2D eigenvalue weighted by molar-refractivity contribution is 5.73. The lowest BCUT2D eigenvalue weighted by atomic mass is 10.1. The second-order valence-corrected chi connectivity index (χ2v) is 3.32. The lowest BCUT2D eigenvalue weighted by Crippen LogP contribution is -1.98. The van der Waals surface area contributed by atoms with Crippen molar-refractivity contribution in [3.05, 3.63) is 24.3 Å². The third-order valence-corrected chi connectivity index (χ3v) is 2.13.